The van der Waals surface area contributed by atoms with Gasteiger partial charge in [-0.1, -0.05) is 18.2 Å². The van der Waals surface area contributed by atoms with E-state index in [1.165, 1.54) is 0 Å². The van der Waals surface area contributed by atoms with E-state index in [4.69, 9.17) is 0 Å². The normalized spacial score (nSPS) is 21.1. The Morgan fingerprint density at radius 1 is 1.16 bits per heavy atom. The van der Waals surface area contributed by atoms with Gasteiger partial charge in [0.05, 0.1) is 0 Å². The van der Waals surface area contributed by atoms with Crippen LogP contribution in [0.25, 0.3) is 0 Å². The van der Waals surface area contributed by atoms with Crippen molar-refractivity contribution in [3.8, 4) is 0 Å². The second-order valence-electron chi connectivity index (χ2n) is 7.04. The Balaban J connectivity index is 1.28. The Labute approximate surface area is 146 Å². The number of likely N-dealkylation sites (tertiary alicyclic amines) is 1. The van der Waals surface area contributed by atoms with Crippen LogP contribution in [0.15, 0.2) is 48.8 Å². The Morgan fingerprint density at radius 3 is 2.60 bits per heavy atom. The first-order chi connectivity index (χ1) is 12.2. The maximum absolute atomic E-state index is 12.3. The topological polar surface area (TPSA) is 67.2 Å². The van der Waals surface area contributed by atoms with Crippen molar-refractivity contribution in [3.63, 3.8) is 0 Å². The van der Waals surface area contributed by atoms with Crippen molar-refractivity contribution < 1.29 is 9.59 Å². The summed E-state index contributed by atoms with van der Waals surface area (Å²) in [5.41, 5.74) is 0.892. The van der Waals surface area contributed by atoms with Crippen LogP contribution in [0.4, 0.5) is 0 Å². The number of carbonyl (C=O) groups is 2. The van der Waals surface area contributed by atoms with E-state index in [2.05, 4.69) is 10.4 Å². The van der Waals surface area contributed by atoms with Gasteiger partial charge in [0, 0.05) is 37.1 Å². The molecule has 2 amide bonds. The summed E-state index contributed by atoms with van der Waals surface area (Å²) in [6.45, 7) is 1.82. The van der Waals surface area contributed by atoms with E-state index >= 15 is 0 Å². The highest BCUT2D eigenvalue weighted by Gasteiger charge is 2.55. The maximum atomic E-state index is 12.3. The Bertz CT molecular complexity index is 749. The number of amides is 2. The molecule has 1 N–H and O–H groups in total. The zero-order valence-corrected chi connectivity index (χ0v) is 14.1. The predicted molar refractivity (Wildman–Crippen MR) is 92.8 cm³/mol. The van der Waals surface area contributed by atoms with Gasteiger partial charge in [-0.25, -0.2) is 0 Å². The Morgan fingerprint density at radius 2 is 1.92 bits per heavy atom. The number of hydrogen-bond donors (Lipinski definition) is 1. The number of nitrogens with zero attached hydrogens (tertiary/aromatic N) is 3. The molecule has 1 aromatic heterocycles. The van der Waals surface area contributed by atoms with Crippen LogP contribution >= 0.6 is 0 Å². The van der Waals surface area contributed by atoms with Crippen LogP contribution in [-0.4, -0.2) is 45.6 Å². The lowest BCUT2D eigenvalue weighted by atomic mass is 9.92. The molecule has 1 aliphatic carbocycles. The molecular weight excluding hydrogens is 316 g/mol. The molecule has 1 unspecified atom stereocenters. The predicted octanol–water partition coefficient (Wildman–Crippen LogP) is 1.69. The van der Waals surface area contributed by atoms with Gasteiger partial charge in [0.25, 0.3) is 5.91 Å². The fourth-order valence-corrected chi connectivity index (χ4v) is 3.77. The summed E-state index contributed by atoms with van der Waals surface area (Å²) in [4.78, 5) is 26.5. The quantitative estimate of drug-likeness (QED) is 0.922. The van der Waals surface area contributed by atoms with Crippen LogP contribution in [0.1, 0.15) is 29.6 Å². The first-order valence-corrected chi connectivity index (χ1v) is 8.77. The van der Waals surface area contributed by atoms with Crippen molar-refractivity contribution in [2.45, 2.75) is 31.8 Å². The highest BCUT2D eigenvalue weighted by Crippen LogP contribution is 2.53. The van der Waals surface area contributed by atoms with Gasteiger partial charge in [0.1, 0.15) is 6.54 Å². The molecule has 2 heterocycles. The molecule has 0 bridgehead atoms. The van der Waals surface area contributed by atoms with Crippen LogP contribution in [-0.2, 0) is 11.3 Å². The van der Waals surface area contributed by atoms with E-state index in [1.54, 1.807) is 17.1 Å². The van der Waals surface area contributed by atoms with Crippen LogP contribution in [0.5, 0.6) is 0 Å². The molecular formula is C19H22N4O2. The molecule has 2 fully saturated rings. The van der Waals surface area contributed by atoms with Gasteiger partial charge in [-0.2, -0.15) is 5.10 Å². The van der Waals surface area contributed by atoms with E-state index in [9.17, 15) is 9.59 Å². The highest BCUT2D eigenvalue weighted by atomic mass is 16.2. The van der Waals surface area contributed by atoms with Crippen molar-refractivity contribution in [2.75, 3.05) is 13.1 Å². The molecule has 2 aliphatic rings. The number of rotatable bonds is 4. The van der Waals surface area contributed by atoms with Gasteiger partial charge < -0.3 is 10.2 Å². The molecule has 1 saturated carbocycles. The van der Waals surface area contributed by atoms with Crippen LogP contribution < -0.4 is 5.32 Å². The molecule has 1 saturated heterocycles. The molecule has 1 aromatic carbocycles. The molecule has 2 aromatic rings. The highest BCUT2D eigenvalue weighted by molar-refractivity contribution is 5.94. The van der Waals surface area contributed by atoms with Gasteiger partial charge >= 0.3 is 0 Å². The summed E-state index contributed by atoms with van der Waals surface area (Å²) in [7, 11) is 0. The molecule has 25 heavy (non-hydrogen) atoms. The fourth-order valence-electron chi connectivity index (χ4n) is 3.77. The third kappa shape index (κ3) is 3.29. The minimum Gasteiger partial charge on any atom is -0.349 e. The van der Waals surface area contributed by atoms with Crippen molar-refractivity contribution >= 4 is 11.8 Å². The number of benzene rings is 1. The number of piperidine rings is 1. The second-order valence-corrected chi connectivity index (χ2v) is 7.04. The minimum absolute atomic E-state index is 0.000312. The van der Waals surface area contributed by atoms with Crippen molar-refractivity contribution in [1.29, 1.82) is 0 Å². The monoisotopic (exact) mass is 338 g/mol. The summed E-state index contributed by atoms with van der Waals surface area (Å²) in [5, 5.41) is 7.24. The largest absolute Gasteiger partial charge is 0.349 e. The number of carbonyl (C=O) groups excluding carboxylic acids is 2. The molecule has 130 valence electrons. The fraction of sp³-hybridized carbons (Fsp3) is 0.421. The van der Waals surface area contributed by atoms with Gasteiger partial charge in [-0.05, 0) is 42.9 Å². The van der Waals surface area contributed by atoms with E-state index in [0.29, 0.717) is 12.1 Å². The maximum Gasteiger partial charge on any atom is 0.251 e. The smallest absolute Gasteiger partial charge is 0.251 e. The minimum atomic E-state index is -0.000312. The van der Waals surface area contributed by atoms with E-state index in [0.717, 1.165) is 32.4 Å². The third-order valence-electron chi connectivity index (χ3n) is 5.50. The molecule has 6 heteroatoms. The van der Waals surface area contributed by atoms with E-state index < -0.39 is 0 Å². The lowest BCUT2D eigenvalue weighted by Gasteiger charge is -2.33. The number of hydrogen-bond acceptors (Lipinski definition) is 3. The second kappa shape index (κ2) is 6.35. The molecule has 6 nitrogen and oxygen atoms in total. The van der Waals surface area contributed by atoms with Crippen LogP contribution in [0, 0.1) is 5.41 Å². The zero-order chi connectivity index (χ0) is 17.3. The molecule has 1 aliphatic heterocycles. The number of nitrogens with one attached hydrogen (secondary N) is 1. The molecule has 0 radical (unpaired) electrons. The number of aromatic nitrogens is 2. The van der Waals surface area contributed by atoms with Crippen LogP contribution in [0.2, 0.25) is 0 Å². The first kappa shape index (κ1) is 15.9. The van der Waals surface area contributed by atoms with Gasteiger partial charge in [0.15, 0.2) is 0 Å². The summed E-state index contributed by atoms with van der Waals surface area (Å²) in [6.07, 6.45) is 6.42. The summed E-state index contributed by atoms with van der Waals surface area (Å²) >= 11 is 0. The Hall–Kier alpha value is -2.63. The van der Waals surface area contributed by atoms with Crippen molar-refractivity contribution in [1.82, 2.24) is 20.0 Å². The van der Waals surface area contributed by atoms with Crippen molar-refractivity contribution in [2.24, 2.45) is 5.41 Å². The lowest BCUT2D eigenvalue weighted by Crippen LogP contribution is -2.43. The van der Waals surface area contributed by atoms with E-state index in [1.807, 2.05) is 41.3 Å². The Kier molecular flexibility index (Phi) is 4.03. The average molecular weight is 338 g/mol. The summed E-state index contributed by atoms with van der Waals surface area (Å²) in [5.74, 6) is 0.115. The van der Waals surface area contributed by atoms with Gasteiger partial charge in [-0.3, -0.25) is 14.3 Å². The first-order valence-electron chi connectivity index (χ1n) is 8.77. The molecule has 4 rings (SSSR count). The van der Waals surface area contributed by atoms with Gasteiger partial charge in [-0.15, -0.1) is 0 Å². The molecule has 1 spiro atoms. The third-order valence-corrected chi connectivity index (χ3v) is 5.50. The standard InChI is InChI=1S/C19H22N4O2/c24-17(14-23-10-4-9-20-23)22-11-7-19(8-12-22)13-16(19)21-18(25)15-5-2-1-3-6-15/h1-6,9-10,16H,7-8,11-14H2,(H,21,25). The lowest BCUT2D eigenvalue weighted by molar-refractivity contribution is -0.133. The van der Waals surface area contributed by atoms with Gasteiger partial charge in [0.2, 0.25) is 5.91 Å². The zero-order valence-electron chi connectivity index (χ0n) is 14.1. The summed E-state index contributed by atoms with van der Waals surface area (Å²) in [6, 6.07) is 11.4. The average Bonchev–Trinajstić information content (AvgIpc) is 3.05. The molecule has 1 atom stereocenters. The summed E-state index contributed by atoms with van der Waals surface area (Å²) < 4.78 is 1.66. The van der Waals surface area contributed by atoms with Crippen molar-refractivity contribution in [3.05, 3.63) is 54.4 Å². The SMILES string of the molecule is O=C(NC1CC12CCN(C(=O)Cn1cccn1)CC2)c1ccccc1. The van der Waals surface area contributed by atoms with Crippen LogP contribution in [0.3, 0.4) is 0 Å². The van der Waals surface area contributed by atoms with E-state index in [-0.39, 0.29) is 23.3 Å².